The first-order valence-corrected chi connectivity index (χ1v) is 6.69. The summed E-state index contributed by atoms with van der Waals surface area (Å²) in [6, 6.07) is 11.9. The lowest BCUT2D eigenvalue weighted by Crippen LogP contribution is -2.24. The number of amidine groups is 1. The summed E-state index contributed by atoms with van der Waals surface area (Å²) in [5, 5.41) is 7.74. The molecule has 3 N–H and O–H groups in total. The average molecular weight is 268 g/mol. The van der Waals surface area contributed by atoms with Crippen LogP contribution in [0.25, 0.3) is 0 Å². The molecule has 2 aromatic rings. The molecule has 20 heavy (non-hydrogen) atoms. The number of nitrogens with two attached hydrogens (primary N) is 1. The van der Waals surface area contributed by atoms with E-state index in [9.17, 15) is 0 Å². The van der Waals surface area contributed by atoms with Crippen LogP contribution < -0.4 is 10.6 Å². The molecule has 0 aliphatic heterocycles. The molecular formula is C16H20N4. The fourth-order valence-electron chi connectivity index (χ4n) is 2.26. The highest BCUT2D eigenvalue weighted by Crippen LogP contribution is 2.29. The van der Waals surface area contributed by atoms with Crippen LogP contribution in [0.15, 0.2) is 36.4 Å². The van der Waals surface area contributed by atoms with Crippen molar-refractivity contribution in [3.63, 3.8) is 0 Å². The van der Waals surface area contributed by atoms with Crippen molar-refractivity contribution < 1.29 is 0 Å². The number of nitrogen functional groups attached to an aromatic ring is 1. The van der Waals surface area contributed by atoms with Crippen LogP contribution in [0.3, 0.4) is 0 Å². The minimum Gasteiger partial charge on any atom is -0.384 e. The van der Waals surface area contributed by atoms with Crippen LogP contribution in [0.5, 0.6) is 0 Å². The van der Waals surface area contributed by atoms with Gasteiger partial charge < -0.3 is 10.6 Å². The van der Waals surface area contributed by atoms with Gasteiger partial charge in [-0.25, -0.2) is 4.98 Å². The first kappa shape index (κ1) is 14.1. The molecule has 1 aromatic heterocycles. The Balaban J connectivity index is 2.60. The minimum atomic E-state index is 0.0412. The average Bonchev–Trinajstić information content (AvgIpc) is 2.41. The molecule has 0 aliphatic carbocycles. The second-order valence-corrected chi connectivity index (χ2v) is 4.77. The maximum absolute atomic E-state index is 7.74. The number of anilines is 2. The van der Waals surface area contributed by atoms with Gasteiger partial charge >= 0.3 is 0 Å². The highest BCUT2D eigenvalue weighted by molar-refractivity contribution is 6.00. The Bertz CT molecular complexity index is 634. The number of nitrogens with zero attached hydrogens (tertiary/aromatic N) is 2. The third-order valence-electron chi connectivity index (χ3n) is 3.28. The van der Waals surface area contributed by atoms with Gasteiger partial charge in [-0.3, -0.25) is 5.41 Å². The van der Waals surface area contributed by atoms with Crippen molar-refractivity contribution in [1.29, 1.82) is 5.41 Å². The monoisotopic (exact) mass is 268 g/mol. The maximum Gasteiger partial charge on any atom is 0.144 e. The first-order valence-electron chi connectivity index (χ1n) is 6.69. The number of aromatic nitrogens is 1. The lowest BCUT2D eigenvalue weighted by molar-refractivity contribution is 0.969. The Kier molecular flexibility index (Phi) is 4.03. The van der Waals surface area contributed by atoms with Gasteiger partial charge in [0.1, 0.15) is 11.7 Å². The number of rotatable bonds is 4. The van der Waals surface area contributed by atoms with E-state index >= 15 is 0 Å². The van der Waals surface area contributed by atoms with Gasteiger partial charge in [-0.1, -0.05) is 18.2 Å². The van der Waals surface area contributed by atoms with Crippen LogP contribution in [-0.4, -0.2) is 17.4 Å². The predicted molar refractivity (Wildman–Crippen MR) is 83.8 cm³/mol. The molecule has 104 valence electrons. The van der Waals surface area contributed by atoms with Crippen molar-refractivity contribution in [3.05, 3.63) is 53.2 Å². The molecule has 0 saturated heterocycles. The highest BCUT2D eigenvalue weighted by Gasteiger charge is 2.16. The van der Waals surface area contributed by atoms with Gasteiger partial charge in [-0.15, -0.1) is 0 Å². The van der Waals surface area contributed by atoms with E-state index in [2.05, 4.69) is 35.9 Å². The van der Waals surface area contributed by atoms with E-state index in [1.807, 2.05) is 31.2 Å². The van der Waals surface area contributed by atoms with E-state index in [0.29, 0.717) is 5.56 Å². The molecule has 0 bridgehead atoms. The molecule has 2 rings (SSSR count). The van der Waals surface area contributed by atoms with Crippen LogP contribution in [0.2, 0.25) is 0 Å². The van der Waals surface area contributed by atoms with Gasteiger partial charge in [0.2, 0.25) is 0 Å². The standard InChI is InChI=1S/C16H20N4/c1-4-20(14-8-6-5-7-11(14)2)16-13(15(17)18)10-9-12(3)19-16/h5-10H,4H2,1-3H3,(H3,17,18). The van der Waals surface area contributed by atoms with E-state index in [1.165, 1.54) is 5.56 Å². The molecule has 0 spiro atoms. The van der Waals surface area contributed by atoms with Crippen molar-refractivity contribution >= 4 is 17.3 Å². The van der Waals surface area contributed by atoms with Crippen LogP contribution in [0, 0.1) is 19.3 Å². The summed E-state index contributed by atoms with van der Waals surface area (Å²) in [5.74, 6) is 0.786. The fourth-order valence-corrected chi connectivity index (χ4v) is 2.26. The second kappa shape index (κ2) is 5.74. The van der Waals surface area contributed by atoms with Gasteiger partial charge in [0.25, 0.3) is 0 Å². The highest BCUT2D eigenvalue weighted by atomic mass is 15.2. The number of aryl methyl sites for hydroxylation is 2. The lowest BCUT2D eigenvalue weighted by atomic mass is 10.1. The Morgan fingerprint density at radius 3 is 2.50 bits per heavy atom. The zero-order chi connectivity index (χ0) is 14.7. The summed E-state index contributed by atoms with van der Waals surface area (Å²) in [6.45, 7) is 6.85. The Labute approximate surface area is 119 Å². The molecule has 0 radical (unpaired) electrons. The zero-order valence-electron chi connectivity index (χ0n) is 12.1. The van der Waals surface area contributed by atoms with Crippen molar-refractivity contribution in [2.24, 2.45) is 5.73 Å². The smallest absolute Gasteiger partial charge is 0.144 e. The maximum atomic E-state index is 7.74. The fraction of sp³-hybridized carbons (Fsp3) is 0.250. The van der Waals surface area contributed by atoms with Crippen LogP contribution in [0.1, 0.15) is 23.7 Å². The number of pyridine rings is 1. The predicted octanol–water partition coefficient (Wildman–Crippen LogP) is 3.14. The summed E-state index contributed by atoms with van der Waals surface area (Å²) >= 11 is 0. The molecule has 0 atom stereocenters. The number of para-hydroxylation sites is 1. The Morgan fingerprint density at radius 1 is 1.20 bits per heavy atom. The van der Waals surface area contributed by atoms with E-state index in [-0.39, 0.29) is 5.84 Å². The van der Waals surface area contributed by atoms with Crippen LogP contribution in [-0.2, 0) is 0 Å². The summed E-state index contributed by atoms with van der Waals surface area (Å²) in [5.41, 5.74) is 9.54. The van der Waals surface area contributed by atoms with Gasteiger partial charge in [0.15, 0.2) is 0 Å². The number of hydrogen-bond donors (Lipinski definition) is 2. The van der Waals surface area contributed by atoms with E-state index in [1.54, 1.807) is 0 Å². The Hall–Kier alpha value is -2.36. The van der Waals surface area contributed by atoms with E-state index < -0.39 is 0 Å². The molecule has 4 nitrogen and oxygen atoms in total. The van der Waals surface area contributed by atoms with Crippen molar-refractivity contribution in [1.82, 2.24) is 4.98 Å². The Morgan fingerprint density at radius 2 is 1.90 bits per heavy atom. The zero-order valence-corrected chi connectivity index (χ0v) is 12.1. The van der Waals surface area contributed by atoms with Crippen LogP contribution >= 0.6 is 0 Å². The largest absolute Gasteiger partial charge is 0.384 e. The summed E-state index contributed by atoms with van der Waals surface area (Å²) in [4.78, 5) is 6.68. The molecular weight excluding hydrogens is 248 g/mol. The van der Waals surface area contributed by atoms with Gasteiger partial charge in [0.05, 0.1) is 5.56 Å². The van der Waals surface area contributed by atoms with E-state index in [0.717, 1.165) is 23.7 Å². The third kappa shape index (κ3) is 2.64. The lowest BCUT2D eigenvalue weighted by Gasteiger charge is -2.26. The third-order valence-corrected chi connectivity index (χ3v) is 3.28. The minimum absolute atomic E-state index is 0.0412. The number of nitrogens with one attached hydrogen (secondary N) is 1. The quantitative estimate of drug-likeness (QED) is 0.661. The molecule has 0 unspecified atom stereocenters. The summed E-state index contributed by atoms with van der Waals surface area (Å²) in [7, 11) is 0. The topological polar surface area (TPSA) is 66.0 Å². The van der Waals surface area contributed by atoms with Gasteiger partial charge in [-0.2, -0.15) is 0 Å². The van der Waals surface area contributed by atoms with Crippen LogP contribution in [0.4, 0.5) is 11.5 Å². The molecule has 0 aliphatic rings. The number of hydrogen-bond acceptors (Lipinski definition) is 3. The van der Waals surface area contributed by atoms with Gasteiger partial charge in [0, 0.05) is 17.9 Å². The van der Waals surface area contributed by atoms with Gasteiger partial charge in [-0.05, 0) is 44.5 Å². The van der Waals surface area contributed by atoms with Crippen molar-refractivity contribution in [2.75, 3.05) is 11.4 Å². The van der Waals surface area contributed by atoms with Crippen molar-refractivity contribution in [2.45, 2.75) is 20.8 Å². The molecule has 0 saturated carbocycles. The molecule has 1 aromatic carbocycles. The number of benzene rings is 1. The van der Waals surface area contributed by atoms with Crippen molar-refractivity contribution in [3.8, 4) is 0 Å². The second-order valence-electron chi connectivity index (χ2n) is 4.77. The first-order chi connectivity index (χ1) is 9.54. The molecule has 0 amide bonds. The summed E-state index contributed by atoms with van der Waals surface area (Å²) in [6.07, 6.45) is 0. The SMILES string of the molecule is CCN(c1ccccc1C)c1nc(C)ccc1C(=N)N. The van der Waals surface area contributed by atoms with E-state index in [4.69, 9.17) is 11.1 Å². The summed E-state index contributed by atoms with van der Waals surface area (Å²) < 4.78 is 0. The molecule has 0 fully saturated rings. The molecule has 1 heterocycles. The molecule has 4 heteroatoms. The normalized spacial score (nSPS) is 10.3.